The van der Waals surface area contributed by atoms with Gasteiger partial charge < -0.3 is 4.90 Å². The molecule has 0 bridgehead atoms. The number of nitrogens with zero attached hydrogens (tertiary/aromatic N) is 1. The molecule has 7 nitrogen and oxygen atoms in total. The van der Waals surface area contributed by atoms with E-state index < -0.39 is 48.3 Å². The van der Waals surface area contributed by atoms with Gasteiger partial charge in [-0.1, -0.05) is 12.1 Å². The van der Waals surface area contributed by atoms with Gasteiger partial charge in [-0.3, -0.25) is 4.79 Å². The van der Waals surface area contributed by atoms with E-state index in [0.717, 1.165) is 18.4 Å². The van der Waals surface area contributed by atoms with Crippen molar-refractivity contribution in [3.63, 3.8) is 0 Å². The number of benzene rings is 1. The van der Waals surface area contributed by atoms with E-state index in [-0.39, 0.29) is 13.1 Å². The van der Waals surface area contributed by atoms with Crippen molar-refractivity contribution in [2.45, 2.75) is 16.6 Å². The van der Waals surface area contributed by atoms with Gasteiger partial charge in [0.25, 0.3) is 0 Å². The van der Waals surface area contributed by atoms with Crippen molar-refractivity contribution < 1.29 is 26.0 Å². The molecule has 0 spiro atoms. The van der Waals surface area contributed by atoms with Crippen LogP contribution < -0.4 is 4.72 Å². The van der Waals surface area contributed by atoms with Gasteiger partial charge >= 0.3 is 0 Å². The van der Waals surface area contributed by atoms with Crippen molar-refractivity contribution in [1.82, 2.24) is 9.62 Å². The lowest BCUT2D eigenvalue weighted by Gasteiger charge is -2.16. The molecule has 128 valence electrons. The molecular formula is C13H17FN2O5S2. The van der Waals surface area contributed by atoms with Crippen LogP contribution in [-0.2, 0) is 24.7 Å². The third-order valence-corrected chi connectivity index (χ3v) is 6.67. The average Bonchev–Trinajstić information content (AvgIpc) is 2.95. The third kappa shape index (κ3) is 4.27. The van der Waals surface area contributed by atoms with E-state index in [9.17, 15) is 26.0 Å². The van der Waals surface area contributed by atoms with Gasteiger partial charge in [0.2, 0.25) is 15.9 Å². The van der Waals surface area contributed by atoms with Crippen LogP contribution in [0, 0.1) is 5.82 Å². The predicted molar refractivity (Wildman–Crippen MR) is 81.4 cm³/mol. The fourth-order valence-electron chi connectivity index (χ4n) is 2.31. The fraction of sp³-hybridized carbons (Fsp3) is 0.462. The van der Waals surface area contributed by atoms with Crippen molar-refractivity contribution in [2.24, 2.45) is 0 Å². The second kappa shape index (κ2) is 6.54. The quantitative estimate of drug-likeness (QED) is 0.776. The van der Waals surface area contributed by atoms with E-state index in [2.05, 4.69) is 0 Å². The zero-order valence-corrected chi connectivity index (χ0v) is 14.0. The molecule has 0 aromatic heterocycles. The summed E-state index contributed by atoms with van der Waals surface area (Å²) < 4.78 is 62.4. The molecule has 1 fully saturated rings. The first-order valence-corrected chi connectivity index (χ1v) is 10.3. The normalized spacial score (nSPS) is 19.0. The lowest BCUT2D eigenvalue weighted by Crippen LogP contribution is -2.40. The SMILES string of the molecule is CS(=O)(=O)C1CCN(C(=O)CNS(=O)(=O)c2ccccc2F)C1. The van der Waals surface area contributed by atoms with E-state index in [1.807, 2.05) is 4.72 Å². The van der Waals surface area contributed by atoms with Crippen molar-refractivity contribution in [3.05, 3.63) is 30.1 Å². The minimum Gasteiger partial charge on any atom is -0.340 e. The summed E-state index contributed by atoms with van der Waals surface area (Å²) in [6.07, 6.45) is 1.43. The van der Waals surface area contributed by atoms with Crippen LogP contribution in [-0.4, -0.2) is 58.8 Å². The van der Waals surface area contributed by atoms with Crippen LogP contribution in [0.25, 0.3) is 0 Å². The number of nitrogens with one attached hydrogen (secondary N) is 1. The number of rotatable bonds is 5. The number of carbonyl (C=O) groups is 1. The Bertz CT molecular complexity index is 807. The lowest BCUT2D eigenvalue weighted by atomic mass is 10.4. The molecule has 0 radical (unpaired) electrons. The molecule has 1 N–H and O–H groups in total. The van der Waals surface area contributed by atoms with Gasteiger partial charge in [0.1, 0.15) is 10.7 Å². The average molecular weight is 364 g/mol. The number of sulfone groups is 1. The highest BCUT2D eigenvalue weighted by Gasteiger charge is 2.32. The number of halogens is 1. The maximum atomic E-state index is 13.5. The van der Waals surface area contributed by atoms with Gasteiger partial charge in [0.15, 0.2) is 9.84 Å². The number of amides is 1. The summed E-state index contributed by atoms with van der Waals surface area (Å²) in [5, 5.41) is -0.630. The number of hydrogen-bond acceptors (Lipinski definition) is 5. The minimum absolute atomic E-state index is 0.0408. The Morgan fingerprint density at radius 2 is 1.96 bits per heavy atom. The zero-order chi connectivity index (χ0) is 17.3. The standard InChI is InChI=1S/C13H17FN2O5S2/c1-22(18,19)10-6-7-16(9-10)13(17)8-15-23(20,21)12-5-3-2-4-11(12)14/h2-5,10,15H,6-9H2,1H3. The molecule has 1 aromatic rings. The van der Waals surface area contributed by atoms with E-state index in [1.54, 1.807) is 0 Å². The molecule has 1 heterocycles. The monoisotopic (exact) mass is 364 g/mol. The summed E-state index contributed by atoms with van der Waals surface area (Å²) in [6.45, 7) is -0.260. The minimum atomic E-state index is -4.15. The van der Waals surface area contributed by atoms with Crippen LogP contribution in [0.5, 0.6) is 0 Å². The maximum absolute atomic E-state index is 13.5. The largest absolute Gasteiger partial charge is 0.340 e. The molecule has 10 heteroatoms. The molecule has 1 aromatic carbocycles. The Morgan fingerprint density at radius 3 is 2.52 bits per heavy atom. The van der Waals surface area contributed by atoms with Crippen LogP contribution in [0.15, 0.2) is 29.2 Å². The van der Waals surface area contributed by atoms with Gasteiger partial charge in [-0.25, -0.2) is 25.9 Å². The Balaban J connectivity index is 1.99. The summed E-state index contributed by atoms with van der Waals surface area (Å²) in [6, 6.07) is 4.83. The van der Waals surface area contributed by atoms with Crippen LogP contribution in [0.2, 0.25) is 0 Å². The number of carbonyl (C=O) groups excluding carboxylic acids is 1. The van der Waals surface area contributed by atoms with Crippen molar-refractivity contribution >= 4 is 25.8 Å². The summed E-state index contributed by atoms with van der Waals surface area (Å²) in [5.74, 6) is -1.46. The molecule has 1 aliphatic heterocycles. The highest BCUT2D eigenvalue weighted by molar-refractivity contribution is 7.91. The van der Waals surface area contributed by atoms with Crippen LogP contribution >= 0.6 is 0 Å². The zero-order valence-electron chi connectivity index (χ0n) is 12.4. The molecule has 1 amide bonds. The lowest BCUT2D eigenvalue weighted by molar-refractivity contribution is -0.128. The molecule has 1 saturated heterocycles. The van der Waals surface area contributed by atoms with Crippen LogP contribution in [0.4, 0.5) is 4.39 Å². The molecule has 2 rings (SSSR count). The second-order valence-corrected chi connectivity index (χ2v) is 9.40. The first-order valence-electron chi connectivity index (χ1n) is 6.82. The first-order chi connectivity index (χ1) is 10.6. The smallest absolute Gasteiger partial charge is 0.243 e. The van der Waals surface area contributed by atoms with Crippen molar-refractivity contribution in [3.8, 4) is 0 Å². The Kier molecular flexibility index (Phi) is 5.07. The number of hydrogen-bond donors (Lipinski definition) is 1. The van der Waals surface area contributed by atoms with Gasteiger partial charge in [-0.15, -0.1) is 0 Å². The number of sulfonamides is 1. The van der Waals surface area contributed by atoms with Crippen molar-refractivity contribution in [2.75, 3.05) is 25.9 Å². The van der Waals surface area contributed by atoms with E-state index in [1.165, 1.54) is 17.0 Å². The molecule has 23 heavy (non-hydrogen) atoms. The summed E-state index contributed by atoms with van der Waals surface area (Å²) >= 11 is 0. The molecular weight excluding hydrogens is 347 g/mol. The molecule has 0 aliphatic carbocycles. The summed E-state index contributed by atoms with van der Waals surface area (Å²) in [4.78, 5) is 12.7. The van der Waals surface area contributed by atoms with Crippen LogP contribution in [0.1, 0.15) is 6.42 Å². The highest BCUT2D eigenvalue weighted by atomic mass is 32.2. The topological polar surface area (TPSA) is 101 Å². The molecule has 1 unspecified atom stereocenters. The van der Waals surface area contributed by atoms with Crippen molar-refractivity contribution in [1.29, 1.82) is 0 Å². The Hall–Kier alpha value is -1.52. The van der Waals surface area contributed by atoms with Gasteiger partial charge in [-0.2, -0.15) is 0 Å². The van der Waals surface area contributed by atoms with Gasteiger partial charge in [0.05, 0.1) is 11.8 Å². The first kappa shape index (κ1) is 17.8. The van der Waals surface area contributed by atoms with Crippen LogP contribution in [0.3, 0.4) is 0 Å². The van der Waals surface area contributed by atoms with E-state index in [0.29, 0.717) is 6.42 Å². The second-order valence-electron chi connectivity index (χ2n) is 5.33. The molecule has 0 saturated carbocycles. The Labute approximate surface area is 134 Å². The fourth-order valence-corrected chi connectivity index (χ4v) is 4.35. The van der Waals surface area contributed by atoms with Gasteiger partial charge in [-0.05, 0) is 18.6 Å². The summed E-state index contributed by atoms with van der Waals surface area (Å²) in [7, 11) is -7.39. The third-order valence-electron chi connectivity index (χ3n) is 3.64. The molecule has 1 atom stereocenters. The number of likely N-dealkylation sites (tertiary alicyclic amines) is 1. The van der Waals surface area contributed by atoms with E-state index >= 15 is 0 Å². The predicted octanol–water partition coefficient (Wildman–Crippen LogP) is -0.250. The maximum Gasteiger partial charge on any atom is 0.243 e. The Morgan fingerprint density at radius 1 is 1.30 bits per heavy atom. The van der Waals surface area contributed by atoms with Gasteiger partial charge in [0, 0.05) is 19.3 Å². The van der Waals surface area contributed by atoms with E-state index in [4.69, 9.17) is 0 Å². The molecule has 1 aliphatic rings. The highest BCUT2D eigenvalue weighted by Crippen LogP contribution is 2.17. The summed E-state index contributed by atoms with van der Waals surface area (Å²) in [5.41, 5.74) is 0.